The lowest BCUT2D eigenvalue weighted by Gasteiger charge is -2.30. The van der Waals surface area contributed by atoms with Gasteiger partial charge >= 0.3 is 0 Å². The largest absolute Gasteiger partial charge is 0.385 e. The Bertz CT molecular complexity index is 660. The van der Waals surface area contributed by atoms with Crippen molar-refractivity contribution in [1.82, 2.24) is 0 Å². The van der Waals surface area contributed by atoms with Gasteiger partial charge in [-0.15, -0.1) is 0 Å². The molecule has 0 radical (unpaired) electrons. The maximum absolute atomic E-state index is 12.3. The lowest BCUT2D eigenvalue weighted by Crippen LogP contribution is -2.42. The number of rotatable bonds is 2. The van der Waals surface area contributed by atoms with Crippen molar-refractivity contribution in [2.45, 2.75) is 16.9 Å². The topological polar surface area (TPSA) is 80.3 Å². The van der Waals surface area contributed by atoms with Crippen LogP contribution in [0.1, 0.15) is 18.4 Å². The van der Waals surface area contributed by atoms with Crippen molar-refractivity contribution in [2.24, 2.45) is 0 Å². The molecule has 106 valence electrons. The molecule has 7 heteroatoms. The van der Waals surface area contributed by atoms with Gasteiger partial charge in [0.2, 0.25) is 0 Å². The van der Waals surface area contributed by atoms with Crippen LogP contribution in [0.3, 0.4) is 0 Å². The molecular formula is C12H17NO4S2. The first kappa shape index (κ1) is 14.3. The van der Waals surface area contributed by atoms with Crippen molar-refractivity contribution in [3.63, 3.8) is 0 Å². The molecule has 5 nitrogen and oxygen atoms in total. The lowest BCUT2D eigenvalue weighted by atomic mass is 10.1. The first-order valence-electron chi connectivity index (χ1n) is 5.93. The Hall–Kier alpha value is -1.08. The maximum Gasteiger partial charge on any atom is 0.199 e. The van der Waals surface area contributed by atoms with Crippen LogP contribution in [0.2, 0.25) is 0 Å². The van der Waals surface area contributed by atoms with Gasteiger partial charge in [0, 0.05) is 30.3 Å². The molecule has 1 heterocycles. The van der Waals surface area contributed by atoms with Crippen molar-refractivity contribution in [2.75, 3.05) is 24.4 Å². The zero-order valence-corrected chi connectivity index (χ0v) is 12.5. The van der Waals surface area contributed by atoms with Crippen molar-refractivity contribution in [1.29, 1.82) is 0 Å². The zero-order valence-electron chi connectivity index (χ0n) is 10.9. The molecule has 0 aliphatic carbocycles. The second-order valence-corrected chi connectivity index (χ2v) is 9.61. The van der Waals surface area contributed by atoms with Crippen LogP contribution in [0, 0.1) is 0 Å². The molecule has 0 bridgehead atoms. The standard InChI is InChI=1S/C12H17NO4S2/c1-18(14,15)12(19(2,16)17)8-5-9-13-11-7-4-3-6-10(11)12/h3-4,6-7,13H,5,8-9H2,1-2H3. The third-order valence-electron chi connectivity index (χ3n) is 3.53. The number of fused-ring (bicyclic) bond motifs is 1. The fourth-order valence-corrected chi connectivity index (χ4v) is 7.08. The fourth-order valence-electron chi connectivity index (χ4n) is 2.69. The van der Waals surface area contributed by atoms with Crippen LogP contribution in [-0.2, 0) is 23.8 Å². The van der Waals surface area contributed by atoms with E-state index in [0.717, 1.165) is 12.5 Å². The summed E-state index contributed by atoms with van der Waals surface area (Å²) in [4.78, 5) is 0. The average molecular weight is 303 g/mol. The number of hydrogen-bond donors (Lipinski definition) is 1. The predicted molar refractivity (Wildman–Crippen MR) is 75.5 cm³/mol. The van der Waals surface area contributed by atoms with Gasteiger partial charge in [0.05, 0.1) is 0 Å². The molecule has 2 rings (SSSR count). The summed E-state index contributed by atoms with van der Waals surface area (Å²) in [5, 5.41) is 3.10. The summed E-state index contributed by atoms with van der Waals surface area (Å²) in [6.45, 7) is 0.559. The number of hydrogen-bond acceptors (Lipinski definition) is 5. The second-order valence-electron chi connectivity index (χ2n) is 4.87. The Morgan fingerprint density at radius 2 is 1.63 bits per heavy atom. The van der Waals surface area contributed by atoms with Crippen LogP contribution >= 0.6 is 0 Å². The Kier molecular flexibility index (Phi) is 3.38. The molecule has 0 atom stereocenters. The summed E-state index contributed by atoms with van der Waals surface area (Å²) in [5.74, 6) is 0. The van der Waals surface area contributed by atoms with Gasteiger partial charge in [-0.1, -0.05) is 18.2 Å². The molecule has 1 aromatic rings. The Morgan fingerprint density at radius 1 is 1.05 bits per heavy atom. The molecule has 1 aliphatic rings. The van der Waals surface area contributed by atoms with E-state index < -0.39 is 23.8 Å². The Morgan fingerprint density at radius 3 is 2.21 bits per heavy atom. The molecule has 0 saturated heterocycles. The van der Waals surface area contributed by atoms with Crippen molar-refractivity contribution < 1.29 is 16.8 Å². The van der Waals surface area contributed by atoms with E-state index in [9.17, 15) is 16.8 Å². The quantitative estimate of drug-likeness (QED) is 0.886. The van der Waals surface area contributed by atoms with Crippen LogP contribution in [-0.4, -0.2) is 35.9 Å². The van der Waals surface area contributed by atoms with Crippen molar-refractivity contribution in [3.05, 3.63) is 29.8 Å². The molecule has 0 amide bonds. The summed E-state index contributed by atoms with van der Waals surface area (Å²) in [7, 11) is -7.62. The van der Waals surface area contributed by atoms with Crippen LogP contribution in [0.15, 0.2) is 24.3 Å². The fraction of sp³-hybridized carbons (Fsp3) is 0.500. The lowest BCUT2D eigenvalue weighted by molar-refractivity contribution is 0.536. The number of anilines is 1. The summed E-state index contributed by atoms with van der Waals surface area (Å²) in [6, 6.07) is 6.71. The Balaban J connectivity index is 2.90. The highest BCUT2D eigenvalue weighted by atomic mass is 32.3. The summed E-state index contributed by atoms with van der Waals surface area (Å²) < 4.78 is 47.2. The van der Waals surface area contributed by atoms with Crippen molar-refractivity contribution in [3.8, 4) is 0 Å². The first-order valence-corrected chi connectivity index (χ1v) is 9.71. The molecule has 0 saturated carbocycles. The molecule has 19 heavy (non-hydrogen) atoms. The van der Waals surface area contributed by atoms with E-state index in [1.165, 1.54) is 0 Å². The number of para-hydroxylation sites is 1. The second kappa shape index (κ2) is 4.49. The highest BCUT2D eigenvalue weighted by molar-refractivity contribution is 8.09. The molecule has 0 fully saturated rings. The molecule has 1 N–H and O–H groups in total. The van der Waals surface area contributed by atoms with E-state index in [0.29, 0.717) is 24.2 Å². The molecule has 0 spiro atoms. The predicted octanol–water partition coefficient (Wildman–Crippen LogP) is 1.13. The van der Waals surface area contributed by atoms with Gasteiger partial charge in [-0.3, -0.25) is 0 Å². The highest BCUT2D eigenvalue weighted by Gasteiger charge is 2.53. The molecule has 0 aromatic heterocycles. The van der Waals surface area contributed by atoms with E-state index in [2.05, 4.69) is 5.32 Å². The van der Waals surface area contributed by atoms with Crippen LogP contribution in [0.25, 0.3) is 0 Å². The zero-order chi connectivity index (χ0) is 14.3. The normalized spacial score (nSPS) is 19.1. The summed E-state index contributed by atoms with van der Waals surface area (Å²) >= 11 is 0. The molecular weight excluding hydrogens is 286 g/mol. The molecule has 1 aliphatic heterocycles. The van der Waals surface area contributed by atoms with Gasteiger partial charge in [-0.05, 0) is 18.9 Å². The van der Waals surface area contributed by atoms with Gasteiger partial charge in [0.15, 0.2) is 23.8 Å². The monoisotopic (exact) mass is 303 g/mol. The third-order valence-corrected chi connectivity index (χ3v) is 8.59. The van der Waals surface area contributed by atoms with Crippen molar-refractivity contribution >= 4 is 25.4 Å². The van der Waals surface area contributed by atoms with E-state index in [1.807, 2.05) is 0 Å². The van der Waals surface area contributed by atoms with Gasteiger partial charge in [0.25, 0.3) is 0 Å². The number of sulfone groups is 2. The molecule has 1 aromatic carbocycles. The van der Waals surface area contributed by atoms with E-state index in [4.69, 9.17) is 0 Å². The van der Waals surface area contributed by atoms with E-state index in [1.54, 1.807) is 24.3 Å². The minimum Gasteiger partial charge on any atom is -0.385 e. The number of benzene rings is 1. The minimum atomic E-state index is -3.81. The SMILES string of the molecule is CS(=O)(=O)C1(S(C)(=O)=O)CCCNc2ccccc21. The first-order chi connectivity index (χ1) is 8.70. The van der Waals surface area contributed by atoms with Crippen LogP contribution < -0.4 is 5.32 Å². The smallest absolute Gasteiger partial charge is 0.199 e. The van der Waals surface area contributed by atoms with Gasteiger partial charge in [-0.2, -0.15) is 0 Å². The maximum atomic E-state index is 12.3. The van der Waals surface area contributed by atoms with Gasteiger partial charge in [0.1, 0.15) is 0 Å². The average Bonchev–Trinajstić information content (AvgIpc) is 2.46. The Labute approximate surface area is 113 Å². The van der Waals surface area contributed by atoms with E-state index >= 15 is 0 Å². The summed E-state index contributed by atoms with van der Waals surface area (Å²) in [5.41, 5.74) is 0.911. The third kappa shape index (κ3) is 2.14. The van der Waals surface area contributed by atoms with Crippen LogP contribution in [0.5, 0.6) is 0 Å². The van der Waals surface area contributed by atoms with Gasteiger partial charge in [-0.25, -0.2) is 16.8 Å². The minimum absolute atomic E-state index is 0.0781. The highest BCUT2D eigenvalue weighted by Crippen LogP contribution is 2.44. The number of nitrogens with one attached hydrogen (secondary N) is 1. The molecule has 0 unspecified atom stereocenters. The van der Waals surface area contributed by atoms with Gasteiger partial charge < -0.3 is 5.32 Å². The summed E-state index contributed by atoms with van der Waals surface area (Å²) in [6.07, 6.45) is 2.55. The van der Waals surface area contributed by atoms with Crippen LogP contribution in [0.4, 0.5) is 5.69 Å². The van der Waals surface area contributed by atoms with E-state index in [-0.39, 0.29) is 6.42 Å².